The van der Waals surface area contributed by atoms with Crippen molar-refractivity contribution >= 4 is 67.5 Å². The summed E-state index contributed by atoms with van der Waals surface area (Å²) in [5, 5.41) is 3.84. The maximum absolute atomic E-state index is 2.85. The highest BCUT2D eigenvalue weighted by molar-refractivity contribution is 6.90. The number of hydrogen-bond acceptors (Lipinski definition) is 1. The van der Waals surface area contributed by atoms with Gasteiger partial charge in [-0.15, -0.1) is 0 Å². The zero-order valence-electron chi connectivity index (χ0n) is 53.4. The third-order valence-electron chi connectivity index (χ3n) is 18.4. The van der Waals surface area contributed by atoms with E-state index < -0.39 is 0 Å². The molecule has 2 aliphatic heterocycles. The molecule has 0 spiro atoms. The molecule has 0 N–H and O–H groups in total. The van der Waals surface area contributed by atoms with Gasteiger partial charge in [0.1, 0.15) is 0 Å². The Balaban J connectivity index is 1.36. The number of anilines is 3. The predicted octanol–water partition coefficient (Wildman–Crippen LogP) is 20.6. The Morgan fingerprint density at radius 1 is 0.317 bits per heavy atom. The quantitative estimate of drug-likeness (QED) is 0.160. The van der Waals surface area contributed by atoms with Crippen molar-refractivity contribution < 1.29 is 0 Å². The molecule has 4 heterocycles. The molecule has 0 unspecified atom stereocenters. The van der Waals surface area contributed by atoms with Crippen LogP contribution < -0.4 is 15.8 Å². The second-order valence-corrected chi connectivity index (χ2v) is 31.7. The minimum Gasteiger partial charge on any atom is -0.375 e. The fourth-order valence-electron chi connectivity index (χ4n) is 13.3. The molecule has 4 heteroatoms. The van der Waals surface area contributed by atoms with Crippen LogP contribution >= 0.6 is 0 Å². The molecule has 0 atom stereocenters. The highest BCUT2D eigenvalue weighted by Gasteiger charge is 2.46. The standard InChI is InChI=1S/C78H88BN3/c1-72(2,3)49-26-22-47(23-27-49)66-61-46-59-58-42-53(76(13,14)15)34-40-63(58)81(57-38-32-52(33-39-57)75(10,11)12)70(59)67-60-43-55(78(19,20)21)45-65-68(60)79(82(71(61)67)69(66)48-24-28-50(29-25-48)73(4,5)6)62-44-54(77(16,17)18)35-41-64(62)80(65)56-36-30-51(31-37-56)74(7,8)9/h22-46H,1-21H3. The molecule has 0 radical (unpaired) electrons. The number of fused-ring (bicyclic) bond motifs is 8. The molecular formula is C78H88BN3. The fraction of sp³-hybridized carbons (Fsp3) is 0.359. The summed E-state index contributed by atoms with van der Waals surface area (Å²) in [5.41, 5.74) is 27.8. The monoisotopic (exact) mass is 1080 g/mol. The third kappa shape index (κ3) is 8.99. The molecule has 82 heavy (non-hydrogen) atoms. The van der Waals surface area contributed by atoms with Gasteiger partial charge in [0.15, 0.2) is 0 Å². The molecule has 418 valence electrons. The number of hydrogen-bond donors (Lipinski definition) is 0. The smallest absolute Gasteiger partial charge is 0.333 e. The molecular weight excluding hydrogens is 990 g/mol. The van der Waals surface area contributed by atoms with Gasteiger partial charge < -0.3 is 13.9 Å². The van der Waals surface area contributed by atoms with Crippen LogP contribution in [0.5, 0.6) is 0 Å². The van der Waals surface area contributed by atoms with Crippen molar-refractivity contribution in [2.75, 3.05) is 4.90 Å². The molecule has 3 nitrogen and oxygen atoms in total. The Bertz CT molecular complexity index is 4180. The molecule has 2 aromatic heterocycles. The first-order valence-electron chi connectivity index (χ1n) is 30.4. The molecule has 2 aliphatic rings. The first-order valence-corrected chi connectivity index (χ1v) is 30.4. The first-order chi connectivity index (χ1) is 38.1. The van der Waals surface area contributed by atoms with Crippen LogP contribution in [-0.4, -0.2) is 15.9 Å². The van der Waals surface area contributed by atoms with E-state index in [9.17, 15) is 0 Å². The van der Waals surface area contributed by atoms with Gasteiger partial charge >= 0.3 is 6.85 Å². The topological polar surface area (TPSA) is 13.1 Å². The van der Waals surface area contributed by atoms with Crippen molar-refractivity contribution in [1.82, 2.24) is 9.05 Å². The summed E-state index contributed by atoms with van der Waals surface area (Å²) in [6, 6.07) is 60.9. The molecule has 0 bridgehead atoms. The summed E-state index contributed by atoms with van der Waals surface area (Å²) < 4.78 is 5.49. The van der Waals surface area contributed by atoms with Gasteiger partial charge in [0.25, 0.3) is 0 Å². The van der Waals surface area contributed by atoms with E-state index in [1.807, 2.05) is 0 Å². The van der Waals surface area contributed by atoms with Crippen molar-refractivity contribution in [3.05, 3.63) is 191 Å². The van der Waals surface area contributed by atoms with Gasteiger partial charge in [0.05, 0.1) is 11.0 Å². The van der Waals surface area contributed by atoms with Crippen LogP contribution in [0.2, 0.25) is 0 Å². The summed E-state index contributed by atoms with van der Waals surface area (Å²) in [5.74, 6) is 0. The Hall–Kier alpha value is -7.04. The van der Waals surface area contributed by atoms with Crippen LogP contribution in [0.4, 0.5) is 17.1 Å². The van der Waals surface area contributed by atoms with Crippen LogP contribution in [0, 0.1) is 0 Å². The lowest BCUT2D eigenvalue weighted by Gasteiger charge is -2.42. The van der Waals surface area contributed by atoms with Gasteiger partial charge in [0.2, 0.25) is 0 Å². The third-order valence-corrected chi connectivity index (χ3v) is 18.4. The molecule has 0 saturated heterocycles. The second-order valence-electron chi connectivity index (χ2n) is 31.7. The Morgan fingerprint density at radius 3 is 1.26 bits per heavy atom. The normalized spacial score (nSPS) is 14.1. The second kappa shape index (κ2) is 18.2. The van der Waals surface area contributed by atoms with Crippen LogP contribution in [0.15, 0.2) is 152 Å². The first kappa shape index (κ1) is 55.5. The van der Waals surface area contributed by atoms with Gasteiger partial charge in [-0.1, -0.05) is 242 Å². The average Bonchev–Trinajstić information content (AvgIpc) is 1.98. The SMILES string of the molecule is CC(C)(C)c1ccc(-c2c(-c3ccc(C(C)(C)C)cc3)n3c4c(c5c(cc24)c2cc(C(C)(C)C)ccc2n5-c2ccc(C(C)(C)C)cc2)-c2cc(C(C)(C)C)cc4c2B3c2cc(C(C)(C)C)ccc2N4c2ccc(C(C)(C)C)cc2)cc1. The number of rotatable bonds is 4. The van der Waals surface area contributed by atoms with Gasteiger partial charge in [0, 0.05) is 61.2 Å². The summed E-state index contributed by atoms with van der Waals surface area (Å²) in [7, 11) is 0. The predicted molar refractivity (Wildman–Crippen MR) is 359 cm³/mol. The molecule has 0 amide bonds. The molecule has 8 aromatic carbocycles. The maximum atomic E-state index is 2.85. The Morgan fingerprint density at radius 2 is 0.756 bits per heavy atom. The minimum absolute atomic E-state index is 0.00358. The van der Waals surface area contributed by atoms with E-state index in [-0.39, 0.29) is 44.8 Å². The summed E-state index contributed by atoms with van der Waals surface area (Å²) in [6.45, 7) is 49.1. The van der Waals surface area contributed by atoms with Crippen molar-refractivity contribution in [3.8, 4) is 39.2 Å². The highest BCUT2D eigenvalue weighted by atomic mass is 15.2. The summed E-state index contributed by atoms with van der Waals surface area (Å²) in [4.78, 5) is 2.63. The van der Waals surface area contributed by atoms with Gasteiger partial charge in [-0.25, -0.2) is 0 Å². The van der Waals surface area contributed by atoms with Gasteiger partial charge in [-0.3, -0.25) is 0 Å². The lowest BCUT2D eigenvalue weighted by Crippen LogP contribution is -2.57. The number of aromatic nitrogens is 2. The van der Waals surface area contributed by atoms with E-state index in [4.69, 9.17) is 0 Å². The molecule has 0 saturated carbocycles. The lowest BCUT2D eigenvalue weighted by atomic mass is 9.44. The van der Waals surface area contributed by atoms with E-state index in [1.165, 1.54) is 139 Å². The summed E-state index contributed by atoms with van der Waals surface area (Å²) >= 11 is 0. The zero-order chi connectivity index (χ0) is 58.9. The van der Waals surface area contributed by atoms with Crippen LogP contribution in [0.1, 0.15) is 184 Å². The van der Waals surface area contributed by atoms with Crippen molar-refractivity contribution in [2.45, 2.75) is 183 Å². The van der Waals surface area contributed by atoms with Crippen molar-refractivity contribution in [1.29, 1.82) is 0 Å². The molecule has 0 aliphatic carbocycles. The van der Waals surface area contributed by atoms with Crippen LogP contribution in [-0.2, 0) is 37.9 Å². The molecule has 0 fully saturated rings. The minimum atomic E-state index is -0.178. The lowest BCUT2D eigenvalue weighted by molar-refractivity contribution is 0.589. The Kier molecular flexibility index (Phi) is 12.3. The molecule has 10 aromatic rings. The summed E-state index contributed by atoms with van der Waals surface area (Å²) in [6.07, 6.45) is 0. The number of benzene rings is 8. The zero-order valence-corrected chi connectivity index (χ0v) is 53.4. The van der Waals surface area contributed by atoms with E-state index in [0.29, 0.717) is 0 Å². The van der Waals surface area contributed by atoms with Crippen LogP contribution in [0.25, 0.3) is 71.9 Å². The maximum Gasteiger partial charge on any atom is 0.333 e. The van der Waals surface area contributed by atoms with Crippen LogP contribution in [0.3, 0.4) is 0 Å². The van der Waals surface area contributed by atoms with E-state index >= 15 is 0 Å². The van der Waals surface area contributed by atoms with E-state index in [2.05, 4.69) is 311 Å². The van der Waals surface area contributed by atoms with Crippen molar-refractivity contribution in [3.63, 3.8) is 0 Å². The number of nitrogens with zero attached hydrogens (tertiary/aromatic N) is 3. The largest absolute Gasteiger partial charge is 0.375 e. The Labute approximate surface area is 491 Å². The van der Waals surface area contributed by atoms with E-state index in [1.54, 1.807) is 0 Å². The average molecular weight is 1080 g/mol. The molecule has 12 rings (SSSR count). The van der Waals surface area contributed by atoms with Gasteiger partial charge in [-0.05, 0) is 159 Å². The highest BCUT2D eigenvalue weighted by Crippen LogP contribution is 2.55. The fourth-order valence-corrected chi connectivity index (χ4v) is 13.3. The van der Waals surface area contributed by atoms with Gasteiger partial charge in [-0.2, -0.15) is 0 Å². The van der Waals surface area contributed by atoms with E-state index in [0.717, 1.165) is 0 Å². The van der Waals surface area contributed by atoms with Crippen molar-refractivity contribution in [2.24, 2.45) is 0 Å².